The first kappa shape index (κ1) is 21.8. The Hall–Kier alpha value is -3.87. The third-order valence-corrected chi connectivity index (χ3v) is 4.77. The fourth-order valence-corrected chi connectivity index (χ4v) is 3.31. The van der Waals surface area contributed by atoms with Crippen molar-refractivity contribution in [2.75, 3.05) is 17.2 Å². The third kappa shape index (κ3) is 5.39. The van der Waals surface area contributed by atoms with Crippen LogP contribution in [0.5, 0.6) is 0 Å². The SMILES string of the molecule is CC(=O)Nc1ccc(NC(=O)COC(=O)c2cc(C)n(-c3ccc(C)cc3)c2C)cc1. The average Bonchev–Trinajstić information content (AvgIpc) is 3.02. The highest BCUT2D eigenvalue weighted by atomic mass is 16.5. The van der Waals surface area contributed by atoms with E-state index in [0.717, 1.165) is 22.6 Å². The van der Waals surface area contributed by atoms with Gasteiger partial charge in [-0.3, -0.25) is 9.59 Å². The Morgan fingerprint density at radius 2 is 1.45 bits per heavy atom. The number of nitrogens with zero attached hydrogens (tertiary/aromatic N) is 1. The van der Waals surface area contributed by atoms with Crippen LogP contribution in [0.15, 0.2) is 54.6 Å². The van der Waals surface area contributed by atoms with E-state index in [4.69, 9.17) is 4.74 Å². The summed E-state index contributed by atoms with van der Waals surface area (Å²) in [7, 11) is 0. The lowest BCUT2D eigenvalue weighted by molar-refractivity contribution is -0.119. The predicted octanol–water partition coefficient (Wildman–Crippen LogP) is 4.16. The molecule has 1 aromatic heterocycles. The maximum absolute atomic E-state index is 12.6. The molecule has 3 aromatic rings. The normalized spacial score (nSPS) is 10.5. The van der Waals surface area contributed by atoms with E-state index >= 15 is 0 Å². The Morgan fingerprint density at radius 3 is 2.03 bits per heavy atom. The zero-order valence-electron chi connectivity index (χ0n) is 18.0. The number of aryl methyl sites for hydroxylation is 2. The van der Waals surface area contributed by atoms with Crippen molar-refractivity contribution in [3.63, 3.8) is 0 Å². The molecule has 3 rings (SSSR count). The van der Waals surface area contributed by atoms with Crippen molar-refractivity contribution in [1.82, 2.24) is 4.57 Å². The number of nitrogens with one attached hydrogen (secondary N) is 2. The van der Waals surface area contributed by atoms with Gasteiger partial charge in [0.1, 0.15) is 0 Å². The molecule has 2 N–H and O–H groups in total. The molecule has 0 bridgehead atoms. The molecule has 0 aliphatic rings. The van der Waals surface area contributed by atoms with E-state index < -0.39 is 18.5 Å². The number of esters is 1. The number of hydrogen-bond acceptors (Lipinski definition) is 4. The summed E-state index contributed by atoms with van der Waals surface area (Å²) in [6.07, 6.45) is 0. The maximum atomic E-state index is 12.6. The maximum Gasteiger partial charge on any atom is 0.340 e. The van der Waals surface area contributed by atoms with Gasteiger partial charge in [-0.1, -0.05) is 17.7 Å². The predicted molar refractivity (Wildman–Crippen MR) is 120 cm³/mol. The molecule has 1 heterocycles. The largest absolute Gasteiger partial charge is 0.452 e. The number of carbonyl (C=O) groups is 3. The lowest BCUT2D eigenvalue weighted by Gasteiger charge is -2.10. The molecule has 7 heteroatoms. The van der Waals surface area contributed by atoms with Crippen LogP contribution in [0.25, 0.3) is 5.69 Å². The van der Waals surface area contributed by atoms with Crippen LogP contribution in [0.3, 0.4) is 0 Å². The average molecular weight is 419 g/mol. The summed E-state index contributed by atoms with van der Waals surface area (Å²) in [5.41, 5.74) is 5.35. The van der Waals surface area contributed by atoms with E-state index in [-0.39, 0.29) is 5.91 Å². The van der Waals surface area contributed by atoms with Gasteiger partial charge < -0.3 is 19.9 Å². The second-order valence-electron chi connectivity index (χ2n) is 7.34. The van der Waals surface area contributed by atoms with Gasteiger partial charge in [0, 0.05) is 35.4 Å². The van der Waals surface area contributed by atoms with Crippen LogP contribution >= 0.6 is 0 Å². The second-order valence-corrected chi connectivity index (χ2v) is 7.34. The minimum Gasteiger partial charge on any atom is -0.452 e. The van der Waals surface area contributed by atoms with E-state index in [0.29, 0.717) is 16.9 Å². The Balaban J connectivity index is 1.62. The first-order valence-electron chi connectivity index (χ1n) is 9.85. The topological polar surface area (TPSA) is 89.4 Å². The van der Waals surface area contributed by atoms with Crippen molar-refractivity contribution in [3.05, 3.63) is 77.1 Å². The number of rotatable bonds is 6. The second kappa shape index (κ2) is 9.30. The molecule has 0 saturated carbocycles. The summed E-state index contributed by atoms with van der Waals surface area (Å²) in [5.74, 6) is -1.18. The highest BCUT2D eigenvalue weighted by Gasteiger charge is 2.19. The molecular weight excluding hydrogens is 394 g/mol. The van der Waals surface area contributed by atoms with E-state index in [1.54, 1.807) is 30.3 Å². The molecule has 0 aliphatic carbocycles. The van der Waals surface area contributed by atoms with Crippen LogP contribution in [0.2, 0.25) is 0 Å². The molecule has 7 nitrogen and oxygen atoms in total. The number of carbonyl (C=O) groups excluding carboxylic acids is 3. The van der Waals surface area contributed by atoms with Crippen molar-refractivity contribution < 1.29 is 19.1 Å². The molecule has 160 valence electrons. The van der Waals surface area contributed by atoms with Crippen LogP contribution < -0.4 is 10.6 Å². The zero-order chi connectivity index (χ0) is 22.5. The summed E-state index contributed by atoms with van der Waals surface area (Å²) >= 11 is 0. The van der Waals surface area contributed by atoms with Crippen LogP contribution in [0, 0.1) is 20.8 Å². The lowest BCUT2D eigenvalue weighted by Crippen LogP contribution is -2.21. The lowest BCUT2D eigenvalue weighted by atomic mass is 10.2. The number of aromatic nitrogens is 1. The van der Waals surface area contributed by atoms with Gasteiger partial charge in [0.15, 0.2) is 6.61 Å². The first-order valence-corrected chi connectivity index (χ1v) is 9.85. The van der Waals surface area contributed by atoms with E-state index in [2.05, 4.69) is 10.6 Å². The fourth-order valence-electron chi connectivity index (χ4n) is 3.31. The number of ether oxygens (including phenoxy) is 1. The summed E-state index contributed by atoms with van der Waals surface area (Å²) in [6, 6.07) is 16.4. The summed E-state index contributed by atoms with van der Waals surface area (Å²) in [5, 5.41) is 5.30. The van der Waals surface area contributed by atoms with E-state index in [1.165, 1.54) is 6.92 Å². The minimum absolute atomic E-state index is 0.176. The molecule has 0 atom stereocenters. The molecular formula is C24H25N3O4. The van der Waals surface area contributed by atoms with Crippen molar-refractivity contribution >= 4 is 29.2 Å². The Kier molecular flexibility index (Phi) is 6.55. The number of anilines is 2. The molecule has 0 spiro atoms. The molecule has 0 saturated heterocycles. The molecule has 2 amide bonds. The van der Waals surface area contributed by atoms with Gasteiger partial charge >= 0.3 is 5.97 Å². The van der Waals surface area contributed by atoms with Crippen molar-refractivity contribution in [1.29, 1.82) is 0 Å². The van der Waals surface area contributed by atoms with Gasteiger partial charge in [-0.2, -0.15) is 0 Å². The van der Waals surface area contributed by atoms with Gasteiger partial charge in [0.2, 0.25) is 5.91 Å². The Morgan fingerprint density at radius 1 is 0.871 bits per heavy atom. The summed E-state index contributed by atoms with van der Waals surface area (Å²) in [6.45, 7) is 6.80. The van der Waals surface area contributed by atoms with Crippen LogP contribution in [-0.4, -0.2) is 29.0 Å². The van der Waals surface area contributed by atoms with E-state index in [9.17, 15) is 14.4 Å². The van der Waals surface area contributed by atoms with Gasteiger partial charge in [-0.15, -0.1) is 0 Å². The molecule has 2 aromatic carbocycles. The van der Waals surface area contributed by atoms with Crippen molar-refractivity contribution in [2.45, 2.75) is 27.7 Å². The summed E-state index contributed by atoms with van der Waals surface area (Å²) < 4.78 is 7.20. The molecule has 31 heavy (non-hydrogen) atoms. The molecule has 0 fully saturated rings. The number of hydrogen-bond donors (Lipinski definition) is 2. The fraction of sp³-hybridized carbons (Fsp3) is 0.208. The quantitative estimate of drug-likeness (QED) is 0.587. The van der Waals surface area contributed by atoms with Gasteiger partial charge in [0.25, 0.3) is 5.91 Å². The Labute approximate surface area is 181 Å². The highest BCUT2D eigenvalue weighted by Crippen LogP contribution is 2.22. The molecule has 0 aliphatic heterocycles. The van der Waals surface area contributed by atoms with E-state index in [1.807, 2.05) is 49.6 Å². The standard InChI is InChI=1S/C24H25N3O4/c1-15-5-11-21(12-6-15)27-16(2)13-22(17(27)3)24(30)31-14-23(29)26-20-9-7-19(8-10-20)25-18(4)28/h5-13H,14H2,1-4H3,(H,25,28)(H,26,29). The van der Waals surface area contributed by atoms with Crippen LogP contribution in [-0.2, 0) is 14.3 Å². The molecule has 0 unspecified atom stereocenters. The Bertz CT molecular complexity index is 1110. The third-order valence-electron chi connectivity index (χ3n) is 4.77. The summed E-state index contributed by atoms with van der Waals surface area (Å²) in [4.78, 5) is 35.8. The van der Waals surface area contributed by atoms with Crippen molar-refractivity contribution in [3.8, 4) is 5.69 Å². The first-order chi connectivity index (χ1) is 14.7. The van der Waals surface area contributed by atoms with Gasteiger partial charge in [-0.25, -0.2) is 4.79 Å². The molecule has 0 radical (unpaired) electrons. The van der Waals surface area contributed by atoms with Crippen LogP contribution in [0.4, 0.5) is 11.4 Å². The number of benzene rings is 2. The zero-order valence-corrected chi connectivity index (χ0v) is 18.0. The highest BCUT2D eigenvalue weighted by molar-refractivity contribution is 5.96. The smallest absolute Gasteiger partial charge is 0.340 e. The van der Waals surface area contributed by atoms with Gasteiger partial charge in [-0.05, 0) is 63.2 Å². The monoisotopic (exact) mass is 419 g/mol. The number of amides is 2. The minimum atomic E-state index is -0.553. The van der Waals surface area contributed by atoms with Crippen molar-refractivity contribution in [2.24, 2.45) is 0 Å². The van der Waals surface area contributed by atoms with Gasteiger partial charge in [0.05, 0.1) is 5.56 Å². The van der Waals surface area contributed by atoms with Crippen LogP contribution in [0.1, 0.15) is 34.2 Å².